The van der Waals surface area contributed by atoms with E-state index in [0.717, 1.165) is 44.5 Å². The van der Waals surface area contributed by atoms with Gasteiger partial charge in [-0.3, -0.25) is 19.6 Å². The van der Waals surface area contributed by atoms with Gasteiger partial charge in [0.05, 0.1) is 11.1 Å². The van der Waals surface area contributed by atoms with Gasteiger partial charge in [0, 0.05) is 40.3 Å². The topological polar surface area (TPSA) is 99.3 Å². The van der Waals surface area contributed by atoms with Gasteiger partial charge in [-0.2, -0.15) is 0 Å². The van der Waals surface area contributed by atoms with Crippen LogP contribution in [0.3, 0.4) is 0 Å². The maximum absolute atomic E-state index is 13.9. The Morgan fingerprint density at radius 2 is 0.837 bits per heavy atom. The SMILES string of the molecule is C/C(O)=C(/C=N[C@H](c1ccccc1)[C@H](N=C/C(C(=O)c1c(C)cc(C)cc1C)=C(/C)O)c1ccccc1)C(=O)c1c(C)cc(C)cc1C.[Co]. The van der Waals surface area contributed by atoms with Crippen LogP contribution in [0.4, 0.5) is 0 Å². The fourth-order valence-electron chi connectivity index (χ4n) is 6.29. The summed E-state index contributed by atoms with van der Waals surface area (Å²) in [6.07, 6.45) is 2.86. The van der Waals surface area contributed by atoms with Crippen molar-refractivity contribution < 1.29 is 36.6 Å². The first-order chi connectivity index (χ1) is 22.8. The summed E-state index contributed by atoms with van der Waals surface area (Å²) in [6.45, 7) is 14.5. The Bertz CT molecular complexity index is 1760. The van der Waals surface area contributed by atoms with E-state index >= 15 is 0 Å². The number of nitrogens with zero attached hydrogens (tertiary/aromatic N) is 2. The largest absolute Gasteiger partial charge is 0.512 e. The Hall–Kier alpha value is -4.85. The third-order valence-corrected chi connectivity index (χ3v) is 8.39. The number of ketones is 2. The molecule has 0 saturated carbocycles. The van der Waals surface area contributed by atoms with E-state index in [-0.39, 0.29) is 51.0 Å². The molecule has 0 heterocycles. The van der Waals surface area contributed by atoms with E-state index in [2.05, 4.69) is 0 Å². The maximum Gasteiger partial charge on any atom is 0.198 e. The number of aliphatic hydroxyl groups excluding tert-OH is 2. The fraction of sp³-hybridized carbons (Fsp3) is 0.238. The second kappa shape index (κ2) is 17.0. The van der Waals surface area contributed by atoms with Gasteiger partial charge in [0.1, 0.15) is 23.6 Å². The molecular formula is C42H44CoN2O4. The molecule has 6 nitrogen and oxygen atoms in total. The van der Waals surface area contributed by atoms with Crippen LogP contribution in [-0.2, 0) is 16.8 Å². The zero-order chi connectivity index (χ0) is 35.1. The Labute approximate surface area is 300 Å². The van der Waals surface area contributed by atoms with Gasteiger partial charge in [0.15, 0.2) is 11.6 Å². The molecule has 4 aromatic rings. The molecule has 0 aliphatic rings. The van der Waals surface area contributed by atoms with E-state index in [1.54, 1.807) is 0 Å². The second-order valence-corrected chi connectivity index (χ2v) is 12.5. The van der Waals surface area contributed by atoms with E-state index < -0.39 is 12.1 Å². The van der Waals surface area contributed by atoms with Crippen molar-refractivity contribution >= 4 is 24.0 Å². The van der Waals surface area contributed by atoms with Crippen molar-refractivity contribution in [3.8, 4) is 0 Å². The molecule has 0 aromatic heterocycles. The van der Waals surface area contributed by atoms with E-state index in [1.165, 1.54) is 26.3 Å². The van der Waals surface area contributed by atoms with Gasteiger partial charge in [-0.25, -0.2) is 0 Å². The first-order valence-electron chi connectivity index (χ1n) is 16.0. The van der Waals surface area contributed by atoms with Crippen LogP contribution in [0, 0.1) is 41.5 Å². The van der Waals surface area contributed by atoms with E-state index in [4.69, 9.17) is 9.98 Å². The van der Waals surface area contributed by atoms with E-state index in [9.17, 15) is 19.8 Å². The van der Waals surface area contributed by atoms with Crippen molar-refractivity contribution in [1.82, 2.24) is 0 Å². The number of hydrogen-bond acceptors (Lipinski definition) is 6. The monoisotopic (exact) mass is 699 g/mol. The van der Waals surface area contributed by atoms with Crippen LogP contribution in [-0.4, -0.2) is 34.2 Å². The van der Waals surface area contributed by atoms with Gasteiger partial charge < -0.3 is 10.2 Å². The number of carbonyl (C=O) groups excluding carboxylic acids is 2. The Balaban J connectivity index is 0.00000650. The molecule has 4 rings (SSSR count). The first-order valence-corrected chi connectivity index (χ1v) is 16.0. The molecule has 0 bridgehead atoms. The fourth-order valence-corrected chi connectivity index (χ4v) is 6.29. The molecule has 0 amide bonds. The summed E-state index contributed by atoms with van der Waals surface area (Å²) in [5.41, 5.74) is 8.20. The molecule has 0 aliphatic carbocycles. The summed E-state index contributed by atoms with van der Waals surface area (Å²) < 4.78 is 0. The molecule has 49 heavy (non-hydrogen) atoms. The van der Waals surface area contributed by atoms with E-state index in [0.29, 0.717) is 11.1 Å². The minimum Gasteiger partial charge on any atom is -0.512 e. The summed E-state index contributed by atoms with van der Waals surface area (Å²) in [5, 5.41) is 21.5. The van der Waals surface area contributed by atoms with Crippen LogP contribution >= 0.6 is 0 Å². The van der Waals surface area contributed by atoms with Gasteiger partial charge in [-0.1, -0.05) is 96.1 Å². The van der Waals surface area contributed by atoms with Crippen LogP contribution in [0.25, 0.3) is 0 Å². The molecule has 0 fully saturated rings. The summed E-state index contributed by atoms with van der Waals surface area (Å²) in [4.78, 5) is 37.7. The third-order valence-electron chi connectivity index (χ3n) is 8.39. The number of hydrogen-bond donors (Lipinski definition) is 2. The number of Topliss-reactive ketones (excluding diaryl/α,β-unsaturated/α-hetero) is 2. The van der Waals surface area contributed by atoms with Gasteiger partial charge >= 0.3 is 0 Å². The van der Waals surface area contributed by atoms with Crippen molar-refractivity contribution in [3.63, 3.8) is 0 Å². The minimum atomic E-state index is -0.662. The Kier molecular flexibility index (Phi) is 13.4. The number of aryl methyl sites for hydroxylation is 6. The standard InChI is InChI=1S/C42H44N2O4.Co/c1-25-19-27(3)37(28(4)20-25)41(47)35(31(7)45)23-43-39(33-15-11-9-12-16-33)40(34-17-13-10-14-18-34)44-24-36(32(8)46)42(48)38-29(5)21-26(2)22-30(38)6;/h9-24,39-40,45-46H,1-8H3;/b35-31+,36-32+,43-23?,44-24?;/t39-,40-;/m1./s1. The third kappa shape index (κ3) is 9.19. The van der Waals surface area contributed by atoms with Crippen LogP contribution in [0.2, 0.25) is 0 Å². The first kappa shape index (κ1) is 38.6. The van der Waals surface area contributed by atoms with Crippen molar-refractivity contribution in [3.05, 3.63) is 163 Å². The molecule has 2 atom stereocenters. The van der Waals surface area contributed by atoms with Gasteiger partial charge in [0.25, 0.3) is 0 Å². The molecule has 255 valence electrons. The zero-order valence-corrected chi connectivity index (χ0v) is 30.4. The van der Waals surface area contributed by atoms with Crippen molar-refractivity contribution in [2.24, 2.45) is 9.98 Å². The van der Waals surface area contributed by atoms with Crippen LogP contribution in [0.5, 0.6) is 0 Å². The van der Waals surface area contributed by atoms with Crippen molar-refractivity contribution in [2.75, 3.05) is 0 Å². The quantitative estimate of drug-likeness (QED) is 0.0705. The van der Waals surface area contributed by atoms with Crippen molar-refractivity contribution in [1.29, 1.82) is 0 Å². The van der Waals surface area contributed by atoms with Crippen LogP contribution in [0.15, 0.2) is 118 Å². The molecule has 0 aliphatic heterocycles. The summed E-state index contributed by atoms with van der Waals surface area (Å²) >= 11 is 0. The molecule has 2 N–H and O–H groups in total. The molecule has 1 radical (unpaired) electrons. The molecule has 0 unspecified atom stereocenters. The second-order valence-electron chi connectivity index (χ2n) is 12.5. The number of aliphatic imine (C=N–C) groups is 2. The molecule has 0 spiro atoms. The van der Waals surface area contributed by atoms with Gasteiger partial charge in [-0.15, -0.1) is 0 Å². The Morgan fingerprint density at radius 3 is 1.10 bits per heavy atom. The number of allylic oxidation sites excluding steroid dienone is 4. The smallest absolute Gasteiger partial charge is 0.198 e. The summed E-state index contributed by atoms with van der Waals surface area (Å²) in [5.74, 6) is -0.942. The number of carbonyl (C=O) groups is 2. The predicted molar refractivity (Wildman–Crippen MR) is 196 cm³/mol. The average molecular weight is 700 g/mol. The van der Waals surface area contributed by atoms with Crippen LogP contribution in [0.1, 0.15) is 91.2 Å². The molecular weight excluding hydrogens is 655 g/mol. The Morgan fingerprint density at radius 1 is 0.551 bits per heavy atom. The average Bonchev–Trinajstić information content (AvgIpc) is 3.01. The molecule has 7 heteroatoms. The molecule has 4 aromatic carbocycles. The molecule has 0 saturated heterocycles. The number of aliphatic hydroxyl groups is 2. The predicted octanol–water partition coefficient (Wildman–Crippen LogP) is 9.89. The number of benzene rings is 4. The van der Waals surface area contributed by atoms with Crippen LogP contribution < -0.4 is 0 Å². The minimum absolute atomic E-state index is 0. The van der Waals surface area contributed by atoms with E-state index in [1.807, 2.05) is 126 Å². The summed E-state index contributed by atoms with van der Waals surface area (Å²) in [7, 11) is 0. The summed E-state index contributed by atoms with van der Waals surface area (Å²) in [6, 6.07) is 25.6. The zero-order valence-electron chi connectivity index (χ0n) is 29.3. The maximum atomic E-state index is 13.9. The number of rotatable bonds is 11. The van der Waals surface area contributed by atoms with Crippen molar-refractivity contribution in [2.45, 2.75) is 67.5 Å². The normalized spacial score (nSPS) is 13.8. The van der Waals surface area contributed by atoms with Gasteiger partial charge in [0.2, 0.25) is 0 Å². The van der Waals surface area contributed by atoms with Gasteiger partial charge in [-0.05, 0) is 88.8 Å².